The third kappa shape index (κ3) is 2.92. The van der Waals surface area contributed by atoms with E-state index in [1.807, 2.05) is 4.90 Å². The topological polar surface area (TPSA) is 71.0 Å². The first kappa shape index (κ1) is 14.8. The van der Waals surface area contributed by atoms with E-state index in [-0.39, 0.29) is 17.5 Å². The SMILES string of the molecule is CC(=O)N1CCC(c2nn(-c3ccc(Cl)cc3)c(=O)[nH]2)CC1. The van der Waals surface area contributed by atoms with Gasteiger partial charge < -0.3 is 4.90 Å². The molecule has 1 amide bonds. The Morgan fingerprint density at radius 2 is 1.91 bits per heavy atom. The summed E-state index contributed by atoms with van der Waals surface area (Å²) in [6.07, 6.45) is 1.63. The molecule has 1 aromatic heterocycles. The summed E-state index contributed by atoms with van der Waals surface area (Å²) in [5.74, 6) is 0.957. The quantitative estimate of drug-likeness (QED) is 0.919. The molecular formula is C15H17ClN4O2. The molecular weight excluding hydrogens is 304 g/mol. The van der Waals surface area contributed by atoms with Crippen LogP contribution in [0.2, 0.25) is 5.02 Å². The summed E-state index contributed by atoms with van der Waals surface area (Å²) in [7, 11) is 0. The Morgan fingerprint density at radius 3 is 2.50 bits per heavy atom. The van der Waals surface area contributed by atoms with Gasteiger partial charge in [-0.05, 0) is 37.1 Å². The number of nitrogens with one attached hydrogen (secondary N) is 1. The van der Waals surface area contributed by atoms with Crippen LogP contribution in [0.15, 0.2) is 29.1 Å². The van der Waals surface area contributed by atoms with Crippen LogP contribution in [0.4, 0.5) is 0 Å². The average molecular weight is 321 g/mol. The Morgan fingerprint density at radius 1 is 1.27 bits per heavy atom. The van der Waals surface area contributed by atoms with E-state index in [9.17, 15) is 9.59 Å². The number of aromatic amines is 1. The minimum Gasteiger partial charge on any atom is -0.343 e. The van der Waals surface area contributed by atoms with Gasteiger partial charge in [0, 0.05) is 31.0 Å². The van der Waals surface area contributed by atoms with Crippen molar-refractivity contribution < 1.29 is 4.79 Å². The smallest absolute Gasteiger partial charge is 0.343 e. The first-order valence-electron chi connectivity index (χ1n) is 7.25. The highest BCUT2D eigenvalue weighted by Crippen LogP contribution is 2.25. The molecule has 0 bridgehead atoms. The van der Waals surface area contributed by atoms with E-state index in [1.54, 1.807) is 31.2 Å². The summed E-state index contributed by atoms with van der Waals surface area (Å²) in [6, 6.07) is 6.96. The van der Waals surface area contributed by atoms with Gasteiger partial charge in [0.25, 0.3) is 0 Å². The maximum atomic E-state index is 12.1. The molecule has 116 valence electrons. The monoisotopic (exact) mass is 320 g/mol. The third-order valence-corrected chi connectivity index (χ3v) is 4.29. The van der Waals surface area contributed by atoms with Gasteiger partial charge in [-0.1, -0.05) is 11.6 Å². The highest BCUT2D eigenvalue weighted by atomic mass is 35.5. The minimum absolute atomic E-state index is 0.0960. The Kier molecular flexibility index (Phi) is 4.02. The molecule has 0 radical (unpaired) electrons. The normalized spacial score (nSPS) is 16.0. The van der Waals surface area contributed by atoms with Crippen LogP contribution in [0, 0.1) is 0 Å². The van der Waals surface area contributed by atoms with Crippen LogP contribution in [-0.2, 0) is 4.79 Å². The molecule has 0 aliphatic carbocycles. The maximum Gasteiger partial charge on any atom is 0.348 e. The van der Waals surface area contributed by atoms with Gasteiger partial charge in [0.2, 0.25) is 5.91 Å². The molecule has 1 aliphatic rings. The number of hydrogen-bond donors (Lipinski definition) is 1. The molecule has 1 fully saturated rings. The van der Waals surface area contributed by atoms with Crippen molar-refractivity contribution in [1.29, 1.82) is 0 Å². The number of carbonyl (C=O) groups is 1. The summed E-state index contributed by atoms with van der Waals surface area (Å²) in [5.41, 5.74) is 0.421. The number of likely N-dealkylation sites (tertiary alicyclic amines) is 1. The number of carbonyl (C=O) groups excluding carboxylic acids is 1. The predicted molar refractivity (Wildman–Crippen MR) is 83.4 cm³/mol. The second-order valence-corrected chi connectivity index (χ2v) is 5.92. The van der Waals surface area contributed by atoms with E-state index in [4.69, 9.17) is 11.6 Å². The fraction of sp³-hybridized carbons (Fsp3) is 0.400. The van der Waals surface area contributed by atoms with Crippen molar-refractivity contribution in [3.8, 4) is 5.69 Å². The van der Waals surface area contributed by atoms with E-state index >= 15 is 0 Å². The number of nitrogens with zero attached hydrogens (tertiary/aromatic N) is 3. The third-order valence-electron chi connectivity index (χ3n) is 4.03. The molecule has 0 unspecified atom stereocenters. The van der Waals surface area contributed by atoms with Gasteiger partial charge >= 0.3 is 5.69 Å². The van der Waals surface area contributed by atoms with Crippen LogP contribution < -0.4 is 5.69 Å². The predicted octanol–water partition coefficient (Wildman–Crippen LogP) is 1.94. The molecule has 7 heteroatoms. The number of piperidine rings is 1. The molecule has 3 rings (SSSR count). The molecule has 22 heavy (non-hydrogen) atoms. The van der Waals surface area contributed by atoms with E-state index in [1.165, 1.54) is 4.68 Å². The molecule has 1 aliphatic heterocycles. The number of H-pyrrole nitrogens is 1. The highest BCUT2D eigenvalue weighted by Gasteiger charge is 2.25. The minimum atomic E-state index is -0.258. The molecule has 2 heterocycles. The Hall–Kier alpha value is -2.08. The van der Waals surface area contributed by atoms with Crippen LogP contribution in [0.25, 0.3) is 5.69 Å². The fourth-order valence-corrected chi connectivity index (χ4v) is 2.88. The number of hydrogen-bond acceptors (Lipinski definition) is 3. The number of rotatable bonds is 2. The number of benzene rings is 1. The van der Waals surface area contributed by atoms with Crippen LogP contribution in [-0.4, -0.2) is 38.7 Å². The Bertz CT molecular complexity index is 727. The Balaban J connectivity index is 1.80. The molecule has 0 saturated carbocycles. The lowest BCUT2D eigenvalue weighted by Gasteiger charge is -2.29. The van der Waals surface area contributed by atoms with Crippen LogP contribution in [0.3, 0.4) is 0 Å². The van der Waals surface area contributed by atoms with Crippen molar-refractivity contribution in [2.75, 3.05) is 13.1 Å². The summed E-state index contributed by atoms with van der Waals surface area (Å²) in [6.45, 7) is 2.99. The van der Waals surface area contributed by atoms with Gasteiger partial charge in [0.05, 0.1) is 5.69 Å². The summed E-state index contributed by atoms with van der Waals surface area (Å²) >= 11 is 5.86. The molecule has 0 spiro atoms. The lowest BCUT2D eigenvalue weighted by molar-refractivity contribution is -0.129. The summed E-state index contributed by atoms with van der Waals surface area (Å²) in [4.78, 5) is 28.1. The molecule has 6 nitrogen and oxygen atoms in total. The average Bonchev–Trinajstić information content (AvgIpc) is 2.90. The second kappa shape index (κ2) is 5.96. The zero-order valence-electron chi connectivity index (χ0n) is 12.3. The van der Waals surface area contributed by atoms with Crippen LogP contribution >= 0.6 is 11.6 Å². The first-order valence-corrected chi connectivity index (χ1v) is 7.63. The van der Waals surface area contributed by atoms with Crippen LogP contribution in [0.1, 0.15) is 31.5 Å². The van der Waals surface area contributed by atoms with Crippen molar-refractivity contribution in [1.82, 2.24) is 19.7 Å². The zero-order chi connectivity index (χ0) is 15.7. The van der Waals surface area contributed by atoms with Crippen molar-refractivity contribution >= 4 is 17.5 Å². The fourth-order valence-electron chi connectivity index (χ4n) is 2.75. The van der Waals surface area contributed by atoms with Crippen molar-refractivity contribution in [2.24, 2.45) is 0 Å². The van der Waals surface area contributed by atoms with E-state index < -0.39 is 0 Å². The molecule has 1 aromatic carbocycles. The molecule has 1 N–H and O–H groups in total. The molecule has 2 aromatic rings. The second-order valence-electron chi connectivity index (χ2n) is 5.48. The summed E-state index contributed by atoms with van der Waals surface area (Å²) < 4.78 is 1.35. The first-order chi connectivity index (χ1) is 10.5. The number of halogens is 1. The van der Waals surface area contributed by atoms with E-state index in [0.29, 0.717) is 29.6 Å². The van der Waals surface area contributed by atoms with Gasteiger partial charge in [0.1, 0.15) is 5.82 Å². The standard InChI is InChI=1S/C15H17ClN4O2/c1-10(21)19-8-6-11(7-9-19)14-17-15(22)20(18-14)13-4-2-12(16)3-5-13/h2-5,11H,6-9H2,1H3,(H,17,18,22). The van der Waals surface area contributed by atoms with E-state index in [2.05, 4.69) is 10.1 Å². The van der Waals surface area contributed by atoms with Gasteiger partial charge in [-0.15, -0.1) is 5.10 Å². The lowest BCUT2D eigenvalue weighted by atomic mass is 9.96. The van der Waals surface area contributed by atoms with Crippen LogP contribution in [0.5, 0.6) is 0 Å². The largest absolute Gasteiger partial charge is 0.348 e. The van der Waals surface area contributed by atoms with Crippen molar-refractivity contribution in [2.45, 2.75) is 25.7 Å². The van der Waals surface area contributed by atoms with Gasteiger partial charge in [-0.25, -0.2) is 4.79 Å². The lowest BCUT2D eigenvalue weighted by Crippen LogP contribution is -2.36. The van der Waals surface area contributed by atoms with Gasteiger partial charge in [0.15, 0.2) is 0 Å². The van der Waals surface area contributed by atoms with Gasteiger partial charge in [-0.2, -0.15) is 4.68 Å². The molecule has 1 saturated heterocycles. The zero-order valence-corrected chi connectivity index (χ0v) is 13.0. The van der Waals surface area contributed by atoms with E-state index in [0.717, 1.165) is 12.8 Å². The maximum absolute atomic E-state index is 12.1. The molecule has 0 atom stereocenters. The van der Waals surface area contributed by atoms with Crippen molar-refractivity contribution in [3.63, 3.8) is 0 Å². The highest BCUT2D eigenvalue weighted by molar-refractivity contribution is 6.30. The van der Waals surface area contributed by atoms with Gasteiger partial charge in [-0.3, -0.25) is 9.78 Å². The summed E-state index contributed by atoms with van der Waals surface area (Å²) in [5, 5.41) is 5.02. The Labute approximate surface area is 132 Å². The number of amides is 1. The number of aromatic nitrogens is 3. The van der Waals surface area contributed by atoms with Crippen molar-refractivity contribution in [3.05, 3.63) is 45.6 Å².